The van der Waals surface area contributed by atoms with Gasteiger partial charge in [0.2, 0.25) is 0 Å². The first-order chi connectivity index (χ1) is 10.5. The molecule has 0 N–H and O–H groups in total. The quantitative estimate of drug-likeness (QED) is 0.698. The molecule has 2 heterocycles. The average Bonchev–Trinajstić information content (AvgIpc) is 2.94. The fourth-order valence-electron chi connectivity index (χ4n) is 2.39. The van der Waals surface area contributed by atoms with E-state index in [9.17, 15) is 0 Å². The van der Waals surface area contributed by atoms with Crippen LogP contribution in [-0.4, -0.2) is 28.1 Å². The van der Waals surface area contributed by atoms with Crippen molar-refractivity contribution in [2.75, 3.05) is 0 Å². The molecule has 5 heteroatoms. The number of aryl methyl sites for hydroxylation is 1. The van der Waals surface area contributed by atoms with Crippen LogP contribution in [0.15, 0.2) is 48.7 Å². The second-order valence-corrected chi connectivity index (χ2v) is 11.5. The third kappa shape index (κ3) is 2.72. The molecule has 1 aromatic carbocycles. The van der Waals surface area contributed by atoms with Crippen molar-refractivity contribution in [1.29, 1.82) is 0 Å². The smallest absolute Gasteiger partial charge is 0.111 e. The van der Waals surface area contributed by atoms with Gasteiger partial charge in [0.15, 0.2) is 0 Å². The van der Waals surface area contributed by atoms with Crippen molar-refractivity contribution in [2.24, 2.45) is 0 Å². The first-order valence-corrected chi connectivity index (χ1v) is 10.9. The molecule has 0 aliphatic carbocycles. The molecule has 3 aromatic rings. The zero-order valence-corrected chi connectivity index (χ0v) is 14.4. The van der Waals surface area contributed by atoms with Gasteiger partial charge in [0, 0.05) is 6.20 Å². The molecule has 0 saturated carbocycles. The van der Waals surface area contributed by atoms with E-state index in [0.29, 0.717) is 0 Å². The number of pyridine rings is 1. The Morgan fingerprint density at radius 2 is 1.68 bits per heavy atom. The SMILES string of the molecule is Cc1ccc(-n2nnc([Si](C)(C)C)c2-c2ccccn2)cc1. The van der Waals surface area contributed by atoms with Crippen LogP contribution in [0.1, 0.15) is 5.56 Å². The van der Waals surface area contributed by atoms with Gasteiger partial charge in [-0.3, -0.25) is 4.98 Å². The highest BCUT2D eigenvalue weighted by Gasteiger charge is 2.28. The van der Waals surface area contributed by atoms with Crippen molar-refractivity contribution in [3.63, 3.8) is 0 Å². The Hall–Kier alpha value is -2.27. The predicted molar refractivity (Wildman–Crippen MR) is 92.3 cm³/mol. The molecule has 0 amide bonds. The monoisotopic (exact) mass is 308 g/mol. The maximum atomic E-state index is 4.52. The molecule has 0 unspecified atom stereocenters. The standard InChI is InChI=1S/C17H20N4Si/c1-13-8-10-14(11-9-13)21-16(15-7-5-6-12-18-15)17(19-20-21)22(2,3)4/h5-12H,1-4H3. The molecule has 112 valence electrons. The summed E-state index contributed by atoms with van der Waals surface area (Å²) in [5, 5.41) is 10.0. The number of rotatable bonds is 3. The summed E-state index contributed by atoms with van der Waals surface area (Å²) in [6, 6.07) is 14.3. The Morgan fingerprint density at radius 1 is 0.955 bits per heavy atom. The number of benzene rings is 1. The zero-order valence-electron chi connectivity index (χ0n) is 13.4. The second kappa shape index (κ2) is 5.49. The minimum absolute atomic E-state index is 0.922. The topological polar surface area (TPSA) is 43.6 Å². The van der Waals surface area contributed by atoms with E-state index in [1.807, 2.05) is 29.1 Å². The van der Waals surface area contributed by atoms with Crippen LogP contribution in [-0.2, 0) is 0 Å². The molecule has 0 aliphatic rings. The molecule has 0 atom stereocenters. The van der Waals surface area contributed by atoms with Gasteiger partial charge in [0.25, 0.3) is 0 Å². The normalized spacial score (nSPS) is 11.6. The number of aromatic nitrogens is 4. The lowest BCUT2D eigenvalue weighted by atomic mass is 10.2. The Bertz CT molecular complexity index is 771. The fraction of sp³-hybridized carbons (Fsp3) is 0.235. The van der Waals surface area contributed by atoms with E-state index in [2.05, 4.69) is 66.1 Å². The lowest BCUT2D eigenvalue weighted by molar-refractivity contribution is 0.807. The first-order valence-electron chi connectivity index (χ1n) is 7.41. The molecular weight excluding hydrogens is 288 g/mol. The molecule has 0 radical (unpaired) electrons. The predicted octanol–water partition coefficient (Wildman–Crippen LogP) is 3.18. The minimum atomic E-state index is -1.62. The average molecular weight is 308 g/mol. The van der Waals surface area contributed by atoms with E-state index in [1.165, 1.54) is 5.56 Å². The number of nitrogens with zero attached hydrogens (tertiary/aromatic N) is 4. The van der Waals surface area contributed by atoms with Gasteiger partial charge < -0.3 is 0 Å². The van der Waals surface area contributed by atoms with Gasteiger partial charge in [-0.25, -0.2) is 4.68 Å². The van der Waals surface area contributed by atoms with E-state index in [-0.39, 0.29) is 0 Å². The highest BCUT2D eigenvalue weighted by Crippen LogP contribution is 2.21. The van der Waals surface area contributed by atoms with Gasteiger partial charge in [-0.15, -0.1) is 5.10 Å². The lowest BCUT2D eigenvalue weighted by Gasteiger charge is -2.15. The molecule has 0 spiro atoms. The van der Waals surface area contributed by atoms with Crippen LogP contribution in [0, 0.1) is 6.92 Å². The van der Waals surface area contributed by atoms with Crippen LogP contribution >= 0.6 is 0 Å². The molecule has 0 fully saturated rings. The van der Waals surface area contributed by atoms with Gasteiger partial charge in [0.05, 0.1) is 16.7 Å². The Balaban J connectivity index is 2.24. The summed E-state index contributed by atoms with van der Waals surface area (Å²) in [6.07, 6.45) is 1.82. The third-order valence-electron chi connectivity index (χ3n) is 3.57. The van der Waals surface area contributed by atoms with Crippen molar-refractivity contribution in [2.45, 2.75) is 26.6 Å². The van der Waals surface area contributed by atoms with Gasteiger partial charge in [-0.2, -0.15) is 0 Å². The van der Waals surface area contributed by atoms with E-state index < -0.39 is 8.07 Å². The van der Waals surface area contributed by atoms with Crippen molar-refractivity contribution < 1.29 is 0 Å². The maximum Gasteiger partial charge on any atom is 0.111 e. The fourth-order valence-corrected chi connectivity index (χ4v) is 3.68. The summed E-state index contributed by atoms with van der Waals surface area (Å²) in [4.78, 5) is 4.52. The Kier molecular flexibility index (Phi) is 3.66. The largest absolute Gasteiger partial charge is 0.255 e. The summed E-state index contributed by atoms with van der Waals surface area (Å²) >= 11 is 0. The Labute approximate surface area is 131 Å². The number of hydrogen-bond donors (Lipinski definition) is 0. The van der Waals surface area contributed by atoms with Crippen LogP contribution in [0.5, 0.6) is 0 Å². The maximum absolute atomic E-state index is 4.52. The van der Waals surface area contributed by atoms with E-state index in [4.69, 9.17) is 0 Å². The zero-order chi connectivity index (χ0) is 15.7. The van der Waals surface area contributed by atoms with Crippen molar-refractivity contribution >= 4 is 13.4 Å². The van der Waals surface area contributed by atoms with Gasteiger partial charge in [0.1, 0.15) is 13.8 Å². The highest BCUT2D eigenvalue weighted by molar-refractivity contribution is 6.89. The lowest BCUT2D eigenvalue weighted by Crippen LogP contribution is -2.40. The van der Waals surface area contributed by atoms with Crippen LogP contribution in [0.2, 0.25) is 19.6 Å². The molecule has 0 aliphatic heterocycles. The van der Waals surface area contributed by atoms with E-state index in [1.54, 1.807) is 0 Å². The summed E-state index contributed by atoms with van der Waals surface area (Å²) in [7, 11) is -1.62. The third-order valence-corrected chi connectivity index (χ3v) is 5.32. The summed E-state index contributed by atoms with van der Waals surface area (Å²) < 4.78 is 1.91. The van der Waals surface area contributed by atoms with Crippen LogP contribution in [0.4, 0.5) is 0 Å². The minimum Gasteiger partial charge on any atom is -0.255 e. The van der Waals surface area contributed by atoms with Crippen molar-refractivity contribution in [1.82, 2.24) is 20.0 Å². The summed E-state index contributed by atoms with van der Waals surface area (Å²) in [5.41, 5.74) is 4.19. The van der Waals surface area contributed by atoms with Gasteiger partial charge >= 0.3 is 0 Å². The molecule has 3 rings (SSSR count). The molecule has 0 bridgehead atoms. The van der Waals surface area contributed by atoms with Crippen LogP contribution < -0.4 is 5.32 Å². The van der Waals surface area contributed by atoms with Crippen LogP contribution in [0.25, 0.3) is 17.1 Å². The number of hydrogen-bond acceptors (Lipinski definition) is 3. The molecule has 2 aromatic heterocycles. The van der Waals surface area contributed by atoms with Crippen molar-refractivity contribution in [3.8, 4) is 17.1 Å². The molecule has 4 nitrogen and oxygen atoms in total. The molecule has 22 heavy (non-hydrogen) atoms. The second-order valence-electron chi connectivity index (χ2n) is 6.50. The van der Waals surface area contributed by atoms with Crippen molar-refractivity contribution in [3.05, 3.63) is 54.2 Å². The van der Waals surface area contributed by atoms with Gasteiger partial charge in [-0.05, 0) is 31.2 Å². The highest BCUT2D eigenvalue weighted by atomic mass is 28.3. The van der Waals surface area contributed by atoms with E-state index >= 15 is 0 Å². The van der Waals surface area contributed by atoms with Crippen LogP contribution in [0.3, 0.4) is 0 Å². The molecular formula is C17H20N4Si. The van der Waals surface area contributed by atoms with E-state index in [0.717, 1.165) is 22.4 Å². The summed E-state index contributed by atoms with van der Waals surface area (Å²) in [6.45, 7) is 8.92. The first kappa shape index (κ1) is 14.7. The summed E-state index contributed by atoms with van der Waals surface area (Å²) in [5.74, 6) is 0. The Morgan fingerprint density at radius 3 is 2.27 bits per heavy atom. The molecule has 0 saturated heterocycles. The van der Waals surface area contributed by atoms with Gasteiger partial charge in [-0.1, -0.05) is 48.6 Å².